The molecule has 0 aliphatic carbocycles. The van der Waals surface area contributed by atoms with Crippen LogP contribution >= 0.6 is 0 Å². The standard InChI is InChI=1S/C23H25F2N3O3/c1-2-5-14(11-27-21-9-19(29)15-6-3-4-7-18(15)28-21)10-26-12-16-22(25)17(24)8-20-23(16)31-13-30-20/h3-4,6-9,14,26H,2,5,10-13H2,1H3,(H2,27,28,29). The summed E-state index contributed by atoms with van der Waals surface area (Å²) in [7, 11) is 0. The maximum Gasteiger partial charge on any atom is 0.231 e. The third-order valence-corrected chi connectivity index (χ3v) is 5.40. The second kappa shape index (κ2) is 9.34. The number of aromatic nitrogens is 1. The van der Waals surface area contributed by atoms with Gasteiger partial charge in [-0.25, -0.2) is 8.78 Å². The van der Waals surface area contributed by atoms with Crippen molar-refractivity contribution in [1.29, 1.82) is 0 Å². The minimum absolute atomic E-state index is 0.0420. The van der Waals surface area contributed by atoms with Crippen molar-refractivity contribution in [2.45, 2.75) is 26.3 Å². The van der Waals surface area contributed by atoms with Gasteiger partial charge in [0.15, 0.2) is 28.6 Å². The number of pyridine rings is 1. The van der Waals surface area contributed by atoms with E-state index < -0.39 is 11.6 Å². The maximum atomic E-state index is 14.3. The predicted molar refractivity (Wildman–Crippen MR) is 116 cm³/mol. The monoisotopic (exact) mass is 429 g/mol. The number of halogens is 2. The largest absolute Gasteiger partial charge is 0.453 e. The zero-order chi connectivity index (χ0) is 21.8. The summed E-state index contributed by atoms with van der Waals surface area (Å²) in [5.41, 5.74) is 0.870. The van der Waals surface area contributed by atoms with Gasteiger partial charge in [0, 0.05) is 30.6 Å². The van der Waals surface area contributed by atoms with Gasteiger partial charge in [-0.3, -0.25) is 4.79 Å². The Morgan fingerprint density at radius 1 is 1.16 bits per heavy atom. The first-order valence-corrected chi connectivity index (χ1v) is 10.4. The van der Waals surface area contributed by atoms with Crippen LogP contribution in [-0.2, 0) is 6.54 Å². The first-order chi connectivity index (χ1) is 15.1. The quantitative estimate of drug-likeness (QED) is 0.476. The summed E-state index contributed by atoms with van der Waals surface area (Å²) >= 11 is 0. The van der Waals surface area contributed by atoms with Crippen LogP contribution in [0, 0.1) is 17.6 Å². The van der Waals surface area contributed by atoms with Crippen LogP contribution in [0.1, 0.15) is 25.3 Å². The highest BCUT2D eigenvalue weighted by atomic mass is 19.2. The lowest BCUT2D eigenvalue weighted by Crippen LogP contribution is -2.28. The highest BCUT2D eigenvalue weighted by Gasteiger charge is 2.24. The fourth-order valence-electron chi connectivity index (χ4n) is 3.84. The fraction of sp³-hybridized carbons (Fsp3) is 0.348. The summed E-state index contributed by atoms with van der Waals surface area (Å²) in [6, 6.07) is 9.94. The number of ether oxygens (including phenoxy) is 2. The normalized spacial score (nSPS) is 13.5. The fourth-order valence-corrected chi connectivity index (χ4v) is 3.84. The van der Waals surface area contributed by atoms with Gasteiger partial charge in [-0.05, 0) is 31.0 Å². The molecule has 0 fully saturated rings. The Bertz CT molecular complexity index is 1130. The van der Waals surface area contributed by atoms with E-state index in [1.165, 1.54) is 0 Å². The van der Waals surface area contributed by atoms with Crippen molar-refractivity contribution in [3.8, 4) is 11.5 Å². The summed E-state index contributed by atoms with van der Waals surface area (Å²) in [6.45, 7) is 3.39. The number of aromatic amines is 1. The van der Waals surface area contributed by atoms with Gasteiger partial charge in [-0.15, -0.1) is 0 Å². The molecule has 1 unspecified atom stereocenters. The van der Waals surface area contributed by atoms with Gasteiger partial charge >= 0.3 is 0 Å². The highest BCUT2D eigenvalue weighted by Crippen LogP contribution is 2.38. The number of rotatable bonds is 9. The number of para-hydroxylation sites is 1. The van der Waals surface area contributed by atoms with E-state index in [4.69, 9.17) is 9.47 Å². The molecule has 1 aliphatic rings. The van der Waals surface area contributed by atoms with Crippen LogP contribution in [0.15, 0.2) is 41.2 Å². The van der Waals surface area contributed by atoms with Gasteiger partial charge in [0.05, 0.1) is 11.1 Å². The van der Waals surface area contributed by atoms with Crippen LogP contribution in [-0.4, -0.2) is 24.9 Å². The minimum Gasteiger partial charge on any atom is -0.453 e. The van der Waals surface area contributed by atoms with Gasteiger partial charge in [-0.1, -0.05) is 25.5 Å². The number of hydrogen-bond acceptors (Lipinski definition) is 5. The van der Waals surface area contributed by atoms with Gasteiger partial charge in [-0.2, -0.15) is 0 Å². The Morgan fingerprint density at radius 3 is 2.84 bits per heavy atom. The second-order valence-electron chi connectivity index (χ2n) is 7.64. The molecule has 6 nitrogen and oxygen atoms in total. The van der Waals surface area contributed by atoms with E-state index >= 15 is 0 Å². The molecule has 31 heavy (non-hydrogen) atoms. The van der Waals surface area contributed by atoms with Crippen molar-refractivity contribution in [1.82, 2.24) is 10.3 Å². The molecule has 164 valence electrons. The molecular formula is C23H25F2N3O3. The molecule has 3 aromatic rings. The summed E-state index contributed by atoms with van der Waals surface area (Å²) in [4.78, 5) is 15.5. The van der Waals surface area contributed by atoms with Crippen molar-refractivity contribution < 1.29 is 18.3 Å². The zero-order valence-corrected chi connectivity index (χ0v) is 17.3. The molecule has 8 heteroatoms. The first-order valence-electron chi connectivity index (χ1n) is 10.4. The number of anilines is 1. The van der Waals surface area contributed by atoms with Gasteiger partial charge in [0.25, 0.3) is 0 Å². The van der Waals surface area contributed by atoms with Crippen molar-refractivity contribution >= 4 is 16.7 Å². The van der Waals surface area contributed by atoms with E-state index in [-0.39, 0.29) is 41.7 Å². The van der Waals surface area contributed by atoms with E-state index in [0.29, 0.717) is 24.3 Å². The third-order valence-electron chi connectivity index (χ3n) is 5.40. The molecule has 2 heterocycles. The van der Waals surface area contributed by atoms with Gasteiger partial charge in [0.2, 0.25) is 6.79 Å². The van der Waals surface area contributed by atoms with E-state index in [9.17, 15) is 13.6 Å². The summed E-state index contributed by atoms with van der Waals surface area (Å²) in [5, 5.41) is 7.16. The molecule has 0 bridgehead atoms. The van der Waals surface area contributed by atoms with Crippen LogP contribution in [0.2, 0.25) is 0 Å². The molecule has 2 aromatic carbocycles. The Morgan fingerprint density at radius 2 is 2.00 bits per heavy atom. The van der Waals surface area contributed by atoms with Crippen LogP contribution in [0.25, 0.3) is 10.9 Å². The average molecular weight is 429 g/mol. The Hall–Kier alpha value is -3.13. The molecule has 0 amide bonds. The molecule has 0 radical (unpaired) electrons. The second-order valence-corrected chi connectivity index (χ2v) is 7.64. The first kappa shape index (κ1) is 21.1. The molecule has 0 saturated carbocycles. The predicted octanol–water partition coefficient (Wildman–Crippen LogP) is 4.15. The molecule has 1 aromatic heterocycles. The lowest BCUT2D eigenvalue weighted by Gasteiger charge is -2.19. The number of nitrogens with one attached hydrogen (secondary N) is 3. The van der Waals surface area contributed by atoms with Crippen molar-refractivity contribution in [2.24, 2.45) is 5.92 Å². The summed E-state index contributed by atoms with van der Waals surface area (Å²) in [5.74, 6) is -0.511. The zero-order valence-electron chi connectivity index (χ0n) is 17.3. The number of fused-ring (bicyclic) bond motifs is 2. The van der Waals surface area contributed by atoms with Gasteiger partial charge in [0.1, 0.15) is 5.82 Å². The molecule has 1 atom stereocenters. The highest BCUT2D eigenvalue weighted by molar-refractivity contribution is 5.79. The number of H-pyrrole nitrogens is 1. The maximum absolute atomic E-state index is 14.3. The van der Waals surface area contributed by atoms with E-state index in [0.717, 1.165) is 24.4 Å². The Balaban J connectivity index is 1.39. The molecule has 3 N–H and O–H groups in total. The molecule has 0 spiro atoms. The number of benzene rings is 2. The van der Waals surface area contributed by atoms with E-state index in [1.54, 1.807) is 12.1 Å². The lowest BCUT2D eigenvalue weighted by molar-refractivity contribution is 0.173. The van der Waals surface area contributed by atoms with Crippen LogP contribution in [0.4, 0.5) is 14.6 Å². The van der Waals surface area contributed by atoms with Crippen LogP contribution in [0.5, 0.6) is 11.5 Å². The average Bonchev–Trinajstić information content (AvgIpc) is 3.22. The van der Waals surface area contributed by atoms with Crippen molar-refractivity contribution in [3.05, 3.63) is 63.8 Å². The van der Waals surface area contributed by atoms with E-state index in [2.05, 4.69) is 22.5 Å². The molecule has 0 saturated heterocycles. The summed E-state index contributed by atoms with van der Waals surface area (Å²) in [6.07, 6.45) is 1.91. The SMILES string of the molecule is CCCC(CNCc1c(F)c(F)cc2c1OCO2)CNc1cc(=O)c2ccccc2[nH]1. The smallest absolute Gasteiger partial charge is 0.231 e. The minimum atomic E-state index is -0.951. The molecular weight excluding hydrogens is 404 g/mol. The Kier molecular flexibility index (Phi) is 6.36. The molecule has 1 aliphatic heterocycles. The molecule has 4 rings (SSSR count). The van der Waals surface area contributed by atoms with E-state index in [1.807, 2.05) is 18.2 Å². The Labute approximate surface area is 178 Å². The van der Waals surface area contributed by atoms with Crippen LogP contribution in [0.3, 0.4) is 0 Å². The van der Waals surface area contributed by atoms with Gasteiger partial charge < -0.3 is 25.1 Å². The van der Waals surface area contributed by atoms with Crippen molar-refractivity contribution in [3.63, 3.8) is 0 Å². The van der Waals surface area contributed by atoms with Crippen molar-refractivity contribution in [2.75, 3.05) is 25.2 Å². The topological polar surface area (TPSA) is 75.4 Å². The third kappa shape index (κ3) is 4.64. The summed E-state index contributed by atoms with van der Waals surface area (Å²) < 4.78 is 38.6. The van der Waals surface area contributed by atoms with Crippen LogP contribution < -0.4 is 25.5 Å². The lowest BCUT2D eigenvalue weighted by atomic mass is 10.0. The number of hydrogen-bond donors (Lipinski definition) is 3.